The van der Waals surface area contributed by atoms with Crippen molar-refractivity contribution in [2.45, 2.75) is 50.7 Å². The zero-order chi connectivity index (χ0) is 17.2. The van der Waals surface area contributed by atoms with Gasteiger partial charge < -0.3 is 14.8 Å². The van der Waals surface area contributed by atoms with Gasteiger partial charge in [0.1, 0.15) is 5.60 Å². The van der Waals surface area contributed by atoms with Gasteiger partial charge in [0.2, 0.25) is 0 Å². The highest BCUT2D eigenvalue weighted by molar-refractivity contribution is 7.99. The van der Waals surface area contributed by atoms with E-state index in [-0.39, 0.29) is 12.0 Å². The SMILES string of the molecule is COC(=O)c1cc2c(cc1C)[C@@H](NC(=O)OC(C)(C)C)CCS2. The monoisotopic (exact) mass is 337 g/mol. The zero-order valence-electron chi connectivity index (χ0n) is 14.2. The van der Waals surface area contributed by atoms with Crippen LogP contribution in [-0.2, 0) is 9.47 Å². The van der Waals surface area contributed by atoms with Crippen LogP contribution < -0.4 is 5.32 Å². The molecule has 1 amide bonds. The van der Waals surface area contributed by atoms with E-state index in [1.54, 1.807) is 11.8 Å². The normalized spacial score (nSPS) is 17.2. The number of benzene rings is 1. The van der Waals surface area contributed by atoms with E-state index in [4.69, 9.17) is 9.47 Å². The lowest BCUT2D eigenvalue weighted by atomic mass is 9.98. The van der Waals surface area contributed by atoms with E-state index in [1.165, 1.54) is 7.11 Å². The van der Waals surface area contributed by atoms with Gasteiger partial charge in [-0.3, -0.25) is 0 Å². The molecule has 1 aromatic rings. The number of aryl methyl sites for hydroxylation is 1. The molecular formula is C17H23NO4S. The Bertz CT molecular complexity index is 622. The number of fused-ring (bicyclic) bond motifs is 1. The lowest BCUT2D eigenvalue weighted by Crippen LogP contribution is -2.36. The standard InChI is InChI=1S/C17H23NO4S/c1-10-8-12-13(18-16(20)22-17(2,3)4)6-7-23-14(12)9-11(10)15(19)21-5/h8-9,13H,6-7H2,1-5H3,(H,18,20)/t13-/m0/s1. The average Bonchev–Trinajstić information content (AvgIpc) is 2.44. The Kier molecular flexibility index (Phi) is 5.24. The Labute approximate surface area is 141 Å². The highest BCUT2D eigenvalue weighted by Gasteiger charge is 2.26. The lowest BCUT2D eigenvalue weighted by molar-refractivity contribution is 0.0499. The van der Waals surface area contributed by atoms with Crippen molar-refractivity contribution >= 4 is 23.8 Å². The first-order valence-corrected chi connectivity index (χ1v) is 8.55. The van der Waals surface area contributed by atoms with Crippen LogP contribution in [0.15, 0.2) is 17.0 Å². The molecule has 1 aromatic carbocycles. The van der Waals surface area contributed by atoms with Gasteiger partial charge >= 0.3 is 12.1 Å². The summed E-state index contributed by atoms with van der Waals surface area (Å²) < 4.78 is 10.2. The number of carbonyl (C=O) groups is 2. The van der Waals surface area contributed by atoms with Crippen molar-refractivity contribution in [3.63, 3.8) is 0 Å². The average molecular weight is 337 g/mol. The molecular weight excluding hydrogens is 314 g/mol. The quantitative estimate of drug-likeness (QED) is 0.831. The van der Waals surface area contributed by atoms with Gasteiger partial charge in [0, 0.05) is 10.6 Å². The molecule has 126 valence electrons. The number of methoxy groups -OCH3 is 1. The van der Waals surface area contributed by atoms with Gasteiger partial charge in [0.25, 0.3) is 0 Å². The molecule has 0 saturated carbocycles. The first-order chi connectivity index (χ1) is 10.7. The number of carbonyl (C=O) groups excluding carboxylic acids is 2. The van der Waals surface area contributed by atoms with Crippen molar-refractivity contribution in [3.05, 3.63) is 28.8 Å². The molecule has 1 aliphatic heterocycles. The molecule has 1 heterocycles. The van der Waals surface area contributed by atoms with Gasteiger partial charge in [0.15, 0.2) is 0 Å². The topological polar surface area (TPSA) is 64.6 Å². The summed E-state index contributed by atoms with van der Waals surface area (Å²) in [6, 6.07) is 3.70. The summed E-state index contributed by atoms with van der Waals surface area (Å²) in [5.74, 6) is 0.532. The van der Waals surface area contributed by atoms with Crippen molar-refractivity contribution in [2.75, 3.05) is 12.9 Å². The first kappa shape index (κ1) is 17.7. The summed E-state index contributed by atoms with van der Waals surface area (Å²) in [5.41, 5.74) is 1.91. The molecule has 0 radical (unpaired) electrons. The second kappa shape index (κ2) is 6.83. The van der Waals surface area contributed by atoms with Gasteiger partial charge in [-0.1, -0.05) is 6.07 Å². The summed E-state index contributed by atoms with van der Waals surface area (Å²) in [6.07, 6.45) is 0.406. The van der Waals surface area contributed by atoms with Crippen molar-refractivity contribution in [3.8, 4) is 0 Å². The van der Waals surface area contributed by atoms with Crippen LogP contribution in [0.1, 0.15) is 54.7 Å². The van der Waals surface area contributed by atoms with E-state index in [0.29, 0.717) is 5.56 Å². The maximum Gasteiger partial charge on any atom is 0.408 e. The van der Waals surface area contributed by atoms with Crippen LogP contribution in [0.2, 0.25) is 0 Å². The summed E-state index contributed by atoms with van der Waals surface area (Å²) >= 11 is 1.68. The Hall–Kier alpha value is -1.69. The molecule has 2 rings (SSSR count). The minimum absolute atomic E-state index is 0.105. The fourth-order valence-electron chi connectivity index (χ4n) is 2.48. The van der Waals surface area contributed by atoms with Crippen LogP contribution >= 0.6 is 11.8 Å². The molecule has 5 nitrogen and oxygen atoms in total. The number of esters is 1. The molecule has 0 spiro atoms. The fraction of sp³-hybridized carbons (Fsp3) is 0.529. The van der Waals surface area contributed by atoms with E-state index in [1.807, 2.05) is 39.8 Å². The van der Waals surface area contributed by atoms with Crippen LogP contribution in [0.5, 0.6) is 0 Å². The lowest BCUT2D eigenvalue weighted by Gasteiger charge is -2.28. The van der Waals surface area contributed by atoms with Gasteiger partial charge in [-0.15, -0.1) is 11.8 Å². The summed E-state index contributed by atoms with van der Waals surface area (Å²) in [4.78, 5) is 24.8. The molecule has 6 heteroatoms. The highest BCUT2D eigenvalue weighted by Crippen LogP contribution is 2.38. The number of ether oxygens (including phenoxy) is 2. The second-order valence-corrected chi connectivity index (χ2v) is 7.67. The number of alkyl carbamates (subject to hydrolysis) is 1. The number of thioether (sulfide) groups is 1. The van der Waals surface area contributed by atoms with Crippen molar-refractivity contribution in [2.24, 2.45) is 0 Å². The molecule has 0 aromatic heterocycles. The first-order valence-electron chi connectivity index (χ1n) is 7.56. The molecule has 0 unspecified atom stereocenters. The Morgan fingerprint density at radius 3 is 2.61 bits per heavy atom. The molecule has 1 N–H and O–H groups in total. The third-order valence-corrected chi connectivity index (χ3v) is 4.60. The van der Waals surface area contributed by atoms with Crippen LogP contribution in [0.3, 0.4) is 0 Å². The molecule has 1 aliphatic rings. The molecule has 1 atom stereocenters. The third kappa shape index (κ3) is 4.41. The van der Waals surface area contributed by atoms with Gasteiger partial charge in [-0.25, -0.2) is 9.59 Å². The predicted molar refractivity (Wildman–Crippen MR) is 90.0 cm³/mol. The maximum absolute atomic E-state index is 12.0. The van der Waals surface area contributed by atoms with E-state index < -0.39 is 11.7 Å². The van der Waals surface area contributed by atoms with Crippen LogP contribution in [0.25, 0.3) is 0 Å². The Morgan fingerprint density at radius 2 is 2.00 bits per heavy atom. The minimum Gasteiger partial charge on any atom is -0.465 e. The minimum atomic E-state index is -0.527. The van der Waals surface area contributed by atoms with E-state index >= 15 is 0 Å². The van der Waals surface area contributed by atoms with Gasteiger partial charge in [-0.05, 0) is 51.3 Å². The smallest absolute Gasteiger partial charge is 0.408 e. The van der Waals surface area contributed by atoms with Gasteiger partial charge in [0.05, 0.1) is 18.7 Å². The van der Waals surface area contributed by atoms with Crippen LogP contribution in [-0.4, -0.2) is 30.5 Å². The molecule has 0 fully saturated rings. The summed E-state index contributed by atoms with van der Waals surface area (Å²) in [7, 11) is 1.38. The van der Waals surface area contributed by atoms with E-state index in [2.05, 4.69) is 5.32 Å². The second-order valence-electron chi connectivity index (χ2n) is 6.53. The third-order valence-electron chi connectivity index (χ3n) is 3.49. The molecule has 0 bridgehead atoms. The zero-order valence-corrected chi connectivity index (χ0v) is 15.0. The van der Waals surface area contributed by atoms with Crippen molar-refractivity contribution in [1.82, 2.24) is 5.32 Å². The van der Waals surface area contributed by atoms with Crippen molar-refractivity contribution < 1.29 is 19.1 Å². The number of hydrogen-bond donors (Lipinski definition) is 1. The van der Waals surface area contributed by atoms with Crippen LogP contribution in [0.4, 0.5) is 4.79 Å². The highest BCUT2D eigenvalue weighted by atomic mass is 32.2. The number of hydrogen-bond acceptors (Lipinski definition) is 5. The largest absolute Gasteiger partial charge is 0.465 e. The van der Waals surface area contributed by atoms with Crippen molar-refractivity contribution in [1.29, 1.82) is 0 Å². The molecule has 23 heavy (non-hydrogen) atoms. The van der Waals surface area contributed by atoms with E-state index in [9.17, 15) is 9.59 Å². The number of amides is 1. The maximum atomic E-state index is 12.0. The predicted octanol–water partition coefficient (Wildman–Crippen LogP) is 3.84. The molecule has 0 aliphatic carbocycles. The Morgan fingerprint density at radius 1 is 1.30 bits per heavy atom. The van der Waals surface area contributed by atoms with E-state index in [0.717, 1.165) is 28.2 Å². The number of rotatable bonds is 2. The molecule has 0 saturated heterocycles. The number of nitrogens with one attached hydrogen (secondary N) is 1. The Balaban J connectivity index is 2.24. The van der Waals surface area contributed by atoms with Crippen LogP contribution in [0, 0.1) is 6.92 Å². The van der Waals surface area contributed by atoms with Gasteiger partial charge in [-0.2, -0.15) is 0 Å². The summed E-state index contributed by atoms with van der Waals surface area (Å²) in [5, 5.41) is 2.93. The fourth-order valence-corrected chi connectivity index (χ4v) is 3.62. The summed E-state index contributed by atoms with van der Waals surface area (Å²) in [6.45, 7) is 7.38.